The summed E-state index contributed by atoms with van der Waals surface area (Å²) in [6.45, 7) is 12.8. The van der Waals surface area contributed by atoms with Crippen LogP contribution in [0.5, 0.6) is 0 Å². The van der Waals surface area contributed by atoms with Gasteiger partial charge in [-0.05, 0) is 63.1 Å². The van der Waals surface area contributed by atoms with Gasteiger partial charge >= 0.3 is 0 Å². The van der Waals surface area contributed by atoms with Gasteiger partial charge in [0.25, 0.3) is 0 Å². The molecule has 0 saturated carbocycles. The number of nitrogens with two attached hydrogens (primary N) is 1. The number of nitrogens with zero attached hydrogens (tertiary/aromatic N) is 2. The van der Waals surface area contributed by atoms with Gasteiger partial charge in [0.1, 0.15) is 0 Å². The molecule has 130 valence electrons. The van der Waals surface area contributed by atoms with Gasteiger partial charge in [-0.1, -0.05) is 24.3 Å². The third kappa shape index (κ3) is 4.09. The Balaban J connectivity index is 2.15. The highest BCUT2D eigenvalue weighted by molar-refractivity contribution is 5.51. The molecule has 0 aliphatic rings. The fraction of sp³-hybridized carbons (Fsp3) is 0.429. The van der Waals surface area contributed by atoms with Crippen molar-refractivity contribution >= 4 is 11.4 Å². The molecule has 0 aliphatic carbocycles. The van der Waals surface area contributed by atoms with E-state index in [1.807, 2.05) is 0 Å². The van der Waals surface area contributed by atoms with E-state index in [4.69, 9.17) is 5.73 Å². The standard InChI is InChI=1S/C21H31N3/c1-5-23(6-2)19-13-9-17(10-14-19)21(22)18-11-15-20(16-12-18)24(7-3)8-4/h9-16,21H,5-8,22H2,1-4H3. The Labute approximate surface area is 147 Å². The van der Waals surface area contributed by atoms with Gasteiger partial charge in [0.2, 0.25) is 0 Å². The summed E-state index contributed by atoms with van der Waals surface area (Å²) in [5, 5.41) is 0. The lowest BCUT2D eigenvalue weighted by Crippen LogP contribution is -2.22. The molecule has 2 aromatic rings. The van der Waals surface area contributed by atoms with Gasteiger partial charge in [-0.25, -0.2) is 0 Å². The second kappa shape index (κ2) is 8.74. The Morgan fingerprint density at radius 3 is 1.17 bits per heavy atom. The first-order chi connectivity index (χ1) is 11.6. The van der Waals surface area contributed by atoms with Crippen LogP contribution < -0.4 is 15.5 Å². The van der Waals surface area contributed by atoms with E-state index in [1.54, 1.807) is 0 Å². The summed E-state index contributed by atoms with van der Waals surface area (Å²) in [6, 6.07) is 17.2. The van der Waals surface area contributed by atoms with Gasteiger partial charge in [-0.3, -0.25) is 0 Å². The van der Waals surface area contributed by atoms with Crippen molar-refractivity contribution in [2.75, 3.05) is 36.0 Å². The molecule has 0 fully saturated rings. The van der Waals surface area contributed by atoms with Gasteiger partial charge < -0.3 is 15.5 Å². The van der Waals surface area contributed by atoms with Crippen LogP contribution in [0.4, 0.5) is 11.4 Å². The van der Waals surface area contributed by atoms with Crippen LogP contribution in [0.1, 0.15) is 44.9 Å². The number of anilines is 2. The Morgan fingerprint density at radius 1 is 0.625 bits per heavy atom. The normalized spacial score (nSPS) is 10.9. The Morgan fingerprint density at radius 2 is 0.917 bits per heavy atom. The fourth-order valence-electron chi connectivity index (χ4n) is 3.15. The van der Waals surface area contributed by atoms with Crippen LogP contribution in [-0.4, -0.2) is 26.2 Å². The maximum absolute atomic E-state index is 6.47. The minimum absolute atomic E-state index is 0.0819. The Kier molecular flexibility index (Phi) is 6.68. The highest BCUT2D eigenvalue weighted by Gasteiger charge is 2.11. The molecule has 3 nitrogen and oxygen atoms in total. The molecule has 0 unspecified atom stereocenters. The summed E-state index contributed by atoms with van der Waals surface area (Å²) in [5.74, 6) is 0. The molecule has 0 spiro atoms. The van der Waals surface area contributed by atoms with E-state index < -0.39 is 0 Å². The van der Waals surface area contributed by atoms with Crippen molar-refractivity contribution in [1.29, 1.82) is 0 Å². The summed E-state index contributed by atoms with van der Waals surface area (Å²) < 4.78 is 0. The first kappa shape index (κ1) is 18.3. The SMILES string of the molecule is CCN(CC)c1ccc(C(N)c2ccc(N(CC)CC)cc2)cc1. The minimum atomic E-state index is -0.0819. The molecule has 0 aliphatic heterocycles. The van der Waals surface area contributed by atoms with Crippen LogP contribution in [0.2, 0.25) is 0 Å². The van der Waals surface area contributed by atoms with Crippen molar-refractivity contribution in [1.82, 2.24) is 0 Å². The number of hydrogen-bond donors (Lipinski definition) is 1. The first-order valence-electron chi connectivity index (χ1n) is 9.09. The zero-order valence-electron chi connectivity index (χ0n) is 15.5. The van der Waals surface area contributed by atoms with Crippen molar-refractivity contribution in [3.05, 3.63) is 59.7 Å². The average molecular weight is 326 g/mol. The first-order valence-corrected chi connectivity index (χ1v) is 9.09. The molecule has 2 N–H and O–H groups in total. The monoisotopic (exact) mass is 325 g/mol. The van der Waals surface area contributed by atoms with Crippen molar-refractivity contribution < 1.29 is 0 Å². The molecule has 2 aromatic carbocycles. The molecule has 0 radical (unpaired) electrons. The van der Waals surface area contributed by atoms with Crippen LogP contribution >= 0.6 is 0 Å². The number of rotatable bonds is 8. The van der Waals surface area contributed by atoms with E-state index in [0.29, 0.717) is 0 Å². The lowest BCUT2D eigenvalue weighted by atomic mass is 9.99. The molecular formula is C21H31N3. The molecule has 0 saturated heterocycles. The van der Waals surface area contributed by atoms with Gasteiger partial charge in [-0.2, -0.15) is 0 Å². The largest absolute Gasteiger partial charge is 0.372 e. The highest BCUT2D eigenvalue weighted by atomic mass is 15.1. The number of hydrogen-bond acceptors (Lipinski definition) is 3. The third-order valence-corrected chi connectivity index (χ3v) is 4.76. The average Bonchev–Trinajstić information content (AvgIpc) is 2.64. The van der Waals surface area contributed by atoms with Crippen molar-refractivity contribution in [3.8, 4) is 0 Å². The topological polar surface area (TPSA) is 32.5 Å². The zero-order chi connectivity index (χ0) is 17.5. The second-order valence-corrected chi connectivity index (χ2v) is 6.01. The van der Waals surface area contributed by atoms with E-state index in [2.05, 4.69) is 86.0 Å². The summed E-state index contributed by atoms with van der Waals surface area (Å²) in [5.41, 5.74) is 11.3. The second-order valence-electron chi connectivity index (χ2n) is 6.01. The molecule has 2 rings (SSSR count). The smallest absolute Gasteiger partial charge is 0.0551 e. The lowest BCUT2D eigenvalue weighted by molar-refractivity contribution is 0.849. The van der Waals surface area contributed by atoms with Crippen LogP contribution in [0.3, 0.4) is 0 Å². The summed E-state index contributed by atoms with van der Waals surface area (Å²) >= 11 is 0. The summed E-state index contributed by atoms with van der Waals surface area (Å²) in [6.07, 6.45) is 0. The summed E-state index contributed by atoms with van der Waals surface area (Å²) in [7, 11) is 0. The molecule has 0 atom stereocenters. The van der Waals surface area contributed by atoms with E-state index in [1.165, 1.54) is 11.4 Å². The van der Waals surface area contributed by atoms with Crippen molar-refractivity contribution in [3.63, 3.8) is 0 Å². The predicted molar refractivity (Wildman–Crippen MR) is 106 cm³/mol. The molecule has 0 aromatic heterocycles. The molecule has 0 bridgehead atoms. The van der Waals surface area contributed by atoms with Crippen LogP contribution in [0.15, 0.2) is 48.5 Å². The van der Waals surface area contributed by atoms with Crippen LogP contribution in [0, 0.1) is 0 Å². The van der Waals surface area contributed by atoms with E-state index in [0.717, 1.165) is 37.3 Å². The van der Waals surface area contributed by atoms with Crippen molar-refractivity contribution in [2.24, 2.45) is 5.73 Å². The van der Waals surface area contributed by atoms with Crippen molar-refractivity contribution in [2.45, 2.75) is 33.7 Å². The van der Waals surface area contributed by atoms with Gasteiger partial charge in [0.15, 0.2) is 0 Å². The summed E-state index contributed by atoms with van der Waals surface area (Å²) in [4.78, 5) is 4.68. The Hall–Kier alpha value is -2.00. The van der Waals surface area contributed by atoms with Crippen LogP contribution in [-0.2, 0) is 0 Å². The van der Waals surface area contributed by atoms with Gasteiger partial charge in [0.05, 0.1) is 6.04 Å². The van der Waals surface area contributed by atoms with Gasteiger partial charge in [-0.15, -0.1) is 0 Å². The maximum atomic E-state index is 6.47. The van der Waals surface area contributed by atoms with E-state index in [-0.39, 0.29) is 6.04 Å². The maximum Gasteiger partial charge on any atom is 0.0551 e. The minimum Gasteiger partial charge on any atom is -0.372 e. The molecular weight excluding hydrogens is 294 g/mol. The number of benzene rings is 2. The van der Waals surface area contributed by atoms with Gasteiger partial charge in [0, 0.05) is 37.6 Å². The molecule has 0 heterocycles. The fourth-order valence-corrected chi connectivity index (χ4v) is 3.15. The molecule has 24 heavy (non-hydrogen) atoms. The van der Waals surface area contributed by atoms with Crippen LogP contribution in [0.25, 0.3) is 0 Å². The highest BCUT2D eigenvalue weighted by Crippen LogP contribution is 2.25. The quantitative estimate of drug-likeness (QED) is 0.779. The molecule has 3 heteroatoms. The third-order valence-electron chi connectivity index (χ3n) is 4.76. The Bertz CT molecular complexity index is 540. The lowest BCUT2D eigenvalue weighted by Gasteiger charge is -2.23. The van der Waals surface area contributed by atoms with E-state index >= 15 is 0 Å². The molecule has 0 amide bonds. The zero-order valence-corrected chi connectivity index (χ0v) is 15.5. The van der Waals surface area contributed by atoms with E-state index in [9.17, 15) is 0 Å². The predicted octanol–water partition coefficient (Wildman–Crippen LogP) is 4.43.